The number of likely N-dealkylation sites (tertiary alicyclic amines) is 1. The summed E-state index contributed by atoms with van der Waals surface area (Å²) in [5, 5.41) is 4.17. The third kappa shape index (κ3) is 4.94. The first-order valence-electron chi connectivity index (χ1n) is 10.1. The van der Waals surface area contributed by atoms with Crippen LogP contribution in [0.25, 0.3) is 11.5 Å². The number of rotatable bonds is 6. The molecule has 2 fully saturated rings. The van der Waals surface area contributed by atoms with Gasteiger partial charge in [0, 0.05) is 25.3 Å². The summed E-state index contributed by atoms with van der Waals surface area (Å²) < 4.78 is 17.3. The molecular weight excluding hydrogens is 342 g/mol. The fraction of sp³-hybridized carbons (Fsp3) is 0.619. The molecule has 2 aliphatic rings. The van der Waals surface area contributed by atoms with Crippen molar-refractivity contribution in [1.82, 2.24) is 15.0 Å². The van der Waals surface area contributed by atoms with E-state index < -0.39 is 0 Å². The predicted molar refractivity (Wildman–Crippen MR) is 102 cm³/mol. The van der Waals surface area contributed by atoms with Gasteiger partial charge in [-0.3, -0.25) is 4.90 Å². The van der Waals surface area contributed by atoms with Gasteiger partial charge in [0.25, 0.3) is 5.89 Å². The molecule has 1 aromatic carbocycles. The lowest BCUT2D eigenvalue weighted by atomic mass is 10.1. The average molecular weight is 371 g/mol. The van der Waals surface area contributed by atoms with Gasteiger partial charge in [0.05, 0.1) is 25.4 Å². The summed E-state index contributed by atoms with van der Waals surface area (Å²) in [6, 6.07) is 8.09. The second-order valence-electron chi connectivity index (χ2n) is 7.63. The van der Waals surface area contributed by atoms with Gasteiger partial charge in [-0.2, -0.15) is 4.98 Å². The molecule has 3 heterocycles. The van der Waals surface area contributed by atoms with E-state index in [1.807, 2.05) is 18.2 Å². The molecule has 1 atom stereocenters. The van der Waals surface area contributed by atoms with E-state index in [1.54, 1.807) is 0 Å². The highest BCUT2D eigenvalue weighted by Crippen LogP contribution is 2.22. The molecule has 0 radical (unpaired) electrons. The van der Waals surface area contributed by atoms with E-state index >= 15 is 0 Å². The van der Waals surface area contributed by atoms with Gasteiger partial charge >= 0.3 is 0 Å². The van der Waals surface area contributed by atoms with Crippen LogP contribution in [0.5, 0.6) is 0 Å². The van der Waals surface area contributed by atoms with Crippen LogP contribution in [0.2, 0.25) is 0 Å². The molecule has 6 nitrogen and oxygen atoms in total. The fourth-order valence-corrected chi connectivity index (χ4v) is 3.86. The molecule has 1 unspecified atom stereocenters. The molecule has 0 N–H and O–H groups in total. The molecule has 2 aromatic rings. The van der Waals surface area contributed by atoms with Crippen molar-refractivity contribution in [2.45, 2.75) is 57.8 Å². The van der Waals surface area contributed by atoms with Crippen molar-refractivity contribution in [3.8, 4) is 11.5 Å². The first-order valence-corrected chi connectivity index (χ1v) is 10.1. The van der Waals surface area contributed by atoms with Crippen LogP contribution in [0.3, 0.4) is 0 Å². The first-order chi connectivity index (χ1) is 13.3. The van der Waals surface area contributed by atoms with Crippen LogP contribution in [0.15, 0.2) is 28.8 Å². The van der Waals surface area contributed by atoms with Crippen molar-refractivity contribution in [2.24, 2.45) is 0 Å². The Hall–Kier alpha value is -1.76. The summed E-state index contributed by atoms with van der Waals surface area (Å²) in [4.78, 5) is 6.96. The lowest BCUT2D eigenvalue weighted by Gasteiger charge is -2.32. The average Bonchev–Trinajstić information content (AvgIpc) is 3.17. The minimum atomic E-state index is 0.302. The molecule has 1 aromatic heterocycles. The van der Waals surface area contributed by atoms with Gasteiger partial charge < -0.3 is 14.0 Å². The van der Waals surface area contributed by atoms with E-state index in [-0.39, 0.29) is 0 Å². The molecule has 0 aliphatic carbocycles. The number of benzene rings is 1. The molecule has 146 valence electrons. The zero-order valence-electron chi connectivity index (χ0n) is 16.1. The van der Waals surface area contributed by atoms with Crippen molar-refractivity contribution in [2.75, 3.05) is 26.3 Å². The first kappa shape index (κ1) is 18.6. The largest absolute Gasteiger partial charge is 0.376 e. The molecule has 0 bridgehead atoms. The quantitative estimate of drug-likeness (QED) is 0.773. The molecule has 27 heavy (non-hydrogen) atoms. The number of hydrogen-bond acceptors (Lipinski definition) is 6. The molecule has 4 rings (SSSR count). The van der Waals surface area contributed by atoms with Gasteiger partial charge in [0.1, 0.15) is 0 Å². The van der Waals surface area contributed by atoms with Gasteiger partial charge in [-0.15, -0.1) is 0 Å². The van der Waals surface area contributed by atoms with Gasteiger partial charge in [-0.1, -0.05) is 23.4 Å². The summed E-state index contributed by atoms with van der Waals surface area (Å²) in [7, 11) is 0. The smallest absolute Gasteiger partial charge is 0.258 e. The topological polar surface area (TPSA) is 60.6 Å². The van der Waals surface area contributed by atoms with Crippen LogP contribution < -0.4 is 0 Å². The summed E-state index contributed by atoms with van der Waals surface area (Å²) in [6.07, 6.45) is 6.35. The molecule has 2 saturated heterocycles. The minimum absolute atomic E-state index is 0.302. The molecule has 0 spiro atoms. The van der Waals surface area contributed by atoms with Crippen LogP contribution >= 0.6 is 0 Å². The van der Waals surface area contributed by atoms with Gasteiger partial charge in [-0.05, 0) is 50.7 Å². The minimum Gasteiger partial charge on any atom is -0.376 e. The summed E-state index contributed by atoms with van der Waals surface area (Å²) in [6.45, 7) is 6.43. The highest BCUT2D eigenvalue weighted by atomic mass is 16.5. The molecule has 0 saturated carbocycles. The number of ether oxygens (including phenoxy) is 2. The molecule has 0 amide bonds. The van der Waals surface area contributed by atoms with Gasteiger partial charge in [0.15, 0.2) is 5.82 Å². The number of aryl methyl sites for hydroxylation is 1. The Morgan fingerprint density at radius 2 is 2.00 bits per heavy atom. The van der Waals surface area contributed by atoms with Gasteiger partial charge in [0.2, 0.25) is 0 Å². The highest BCUT2D eigenvalue weighted by molar-refractivity contribution is 5.57. The van der Waals surface area contributed by atoms with Crippen LogP contribution in [-0.4, -0.2) is 53.6 Å². The van der Waals surface area contributed by atoms with E-state index in [0.29, 0.717) is 18.1 Å². The van der Waals surface area contributed by atoms with Crippen molar-refractivity contribution in [3.05, 3.63) is 35.7 Å². The summed E-state index contributed by atoms with van der Waals surface area (Å²) in [5.41, 5.74) is 2.15. The number of piperidine rings is 1. The Kier molecular flexibility index (Phi) is 6.17. The highest BCUT2D eigenvalue weighted by Gasteiger charge is 2.23. The lowest BCUT2D eigenvalue weighted by Crippen LogP contribution is -2.38. The van der Waals surface area contributed by atoms with E-state index in [2.05, 4.69) is 28.0 Å². The Labute approximate surface area is 160 Å². The van der Waals surface area contributed by atoms with Crippen molar-refractivity contribution in [3.63, 3.8) is 0 Å². The van der Waals surface area contributed by atoms with Crippen LogP contribution in [-0.2, 0) is 16.0 Å². The van der Waals surface area contributed by atoms with E-state index in [9.17, 15) is 0 Å². The van der Waals surface area contributed by atoms with Crippen LogP contribution in [0, 0.1) is 6.92 Å². The number of hydrogen-bond donors (Lipinski definition) is 0. The normalized spacial score (nSPS) is 22.2. The number of nitrogens with zero attached hydrogens (tertiary/aromatic N) is 3. The van der Waals surface area contributed by atoms with Crippen LogP contribution in [0.1, 0.15) is 43.5 Å². The Bertz CT molecular complexity index is 719. The maximum atomic E-state index is 6.09. The molecule has 6 heteroatoms. The molecule has 2 aliphatic heterocycles. The Morgan fingerprint density at radius 1 is 1.15 bits per heavy atom. The van der Waals surface area contributed by atoms with E-state index in [1.165, 1.54) is 12.8 Å². The Morgan fingerprint density at radius 3 is 2.78 bits per heavy atom. The zero-order chi connectivity index (χ0) is 18.5. The van der Waals surface area contributed by atoms with Crippen molar-refractivity contribution in [1.29, 1.82) is 0 Å². The zero-order valence-corrected chi connectivity index (χ0v) is 16.1. The van der Waals surface area contributed by atoms with Crippen molar-refractivity contribution < 1.29 is 14.0 Å². The third-order valence-electron chi connectivity index (χ3n) is 5.54. The van der Waals surface area contributed by atoms with E-state index in [4.69, 9.17) is 14.0 Å². The standard InChI is InChI=1S/C21H29N3O3/c1-16-6-2-3-8-19(16)21-22-20(23-27-21)14-24-11-9-17(10-12-24)26-15-18-7-4-5-13-25-18/h2-3,6,8,17-18H,4-5,7,9-15H2,1H3. The molecular formula is C21H29N3O3. The predicted octanol–water partition coefficient (Wildman–Crippen LogP) is 3.60. The second-order valence-corrected chi connectivity index (χ2v) is 7.63. The number of aromatic nitrogens is 2. The van der Waals surface area contributed by atoms with Gasteiger partial charge in [-0.25, -0.2) is 0 Å². The monoisotopic (exact) mass is 371 g/mol. The maximum absolute atomic E-state index is 6.09. The SMILES string of the molecule is Cc1ccccc1-c1nc(CN2CCC(OCC3CCCCO3)CC2)no1. The summed E-state index contributed by atoms with van der Waals surface area (Å²) in [5.74, 6) is 1.36. The maximum Gasteiger partial charge on any atom is 0.258 e. The second kappa shape index (κ2) is 8.95. The van der Waals surface area contributed by atoms with E-state index in [0.717, 1.165) is 69.1 Å². The lowest BCUT2D eigenvalue weighted by molar-refractivity contribution is -0.0754. The van der Waals surface area contributed by atoms with Crippen molar-refractivity contribution >= 4 is 0 Å². The third-order valence-corrected chi connectivity index (χ3v) is 5.54. The summed E-state index contributed by atoms with van der Waals surface area (Å²) >= 11 is 0. The van der Waals surface area contributed by atoms with Crippen LogP contribution in [0.4, 0.5) is 0 Å². The Balaban J connectivity index is 1.23. The fourth-order valence-electron chi connectivity index (χ4n) is 3.86.